The minimum Gasteiger partial charge on any atom is -0.478 e. The number of hydrogen-bond acceptors (Lipinski definition) is 2. The standard InChI is InChI=1S/C10H7F3O4/c11-10(12,13)4-6-2-1-5(8(14)15)3-7(6)9(16)17/h1-3H,4H2,(H,14,15)(H,16,17). The molecule has 0 saturated heterocycles. The number of alkyl halides is 3. The molecule has 92 valence electrons. The normalized spacial score (nSPS) is 11.2. The van der Waals surface area contributed by atoms with Crippen molar-refractivity contribution < 1.29 is 33.0 Å². The minimum atomic E-state index is -4.55. The summed E-state index contributed by atoms with van der Waals surface area (Å²) in [6.45, 7) is 0. The third kappa shape index (κ3) is 3.47. The van der Waals surface area contributed by atoms with E-state index in [4.69, 9.17) is 10.2 Å². The second-order valence-corrected chi connectivity index (χ2v) is 3.27. The Morgan fingerprint density at radius 1 is 1.12 bits per heavy atom. The Labute approximate surface area is 93.3 Å². The van der Waals surface area contributed by atoms with Gasteiger partial charge in [-0.25, -0.2) is 9.59 Å². The highest BCUT2D eigenvalue weighted by molar-refractivity contribution is 5.94. The van der Waals surface area contributed by atoms with Crippen molar-refractivity contribution in [3.05, 3.63) is 34.9 Å². The molecule has 1 aromatic rings. The summed E-state index contributed by atoms with van der Waals surface area (Å²) in [7, 11) is 0. The van der Waals surface area contributed by atoms with Gasteiger partial charge in [0.05, 0.1) is 17.5 Å². The molecule has 0 aromatic heterocycles. The monoisotopic (exact) mass is 248 g/mol. The Kier molecular flexibility index (Phi) is 3.40. The van der Waals surface area contributed by atoms with Crippen LogP contribution in [0.15, 0.2) is 18.2 Å². The van der Waals surface area contributed by atoms with Crippen LogP contribution in [-0.2, 0) is 6.42 Å². The molecule has 0 aliphatic carbocycles. The van der Waals surface area contributed by atoms with Crippen molar-refractivity contribution in [1.29, 1.82) is 0 Å². The smallest absolute Gasteiger partial charge is 0.393 e. The number of carboxylic acid groups (broad SMARTS) is 2. The molecule has 0 saturated carbocycles. The summed E-state index contributed by atoms with van der Waals surface area (Å²) in [5.41, 5.74) is -1.48. The molecule has 0 heterocycles. The molecule has 0 spiro atoms. The van der Waals surface area contributed by atoms with Crippen molar-refractivity contribution in [2.75, 3.05) is 0 Å². The van der Waals surface area contributed by atoms with Crippen LogP contribution in [0.2, 0.25) is 0 Å². The lowest BCUT2D eigenvalue weighted by Gasteiger charge is -2.09. The van der Waals surface area contributed by atoms with E-state index in [1.165, 1.54) is 0 Å². The molecule has 0 unspecified atom stereocenters. The van der Waals surface area contributed by atoms with Gasteiger partial charge in [0, 0.05) is 0 Å². The number of aromatic carboxylic acids is 2. The largest absolute Gasteiger partial charge is 0.478 e. The summed E-state index contributed by atoms with van der Waals surface area (Å²) in [6, 6.07) is 2.52. The first-order chi connectivity index (χ1) is 7.70. The quantitative estimate of drug-likeness (QED) is 0.859. The zero-order valence-corrected chi connectivity index (χ0v) is 8.28. The van der Waals surface area contributed by atoms with E-state index < -0.39 is 35.7 Å². The Balaban J connectivity index is 3.23. The summed E-state index contributed by atoms with van der Waals surface area (Å²) in [5.74, 6) is -2.99. The Morgan fingerprint density at radius 3 is 2.12 bits per heavy atom. The van der Waals surface area contributed by atoms with Crippen LogP contribution < -0.4 is 0 Å². The van der Waals surface area contributed by atoms with Crippen LogP contribution in [0.5, 0.6) is 0 Å². The van der Waals surface area contributed by atoms with Gasteiger partial charge in [0.15, 0.2) is 0 Å². The SMILES string of the molecule is O=C(O)c1ccc(CC(F)(F)F)c(C(=O)O)c1. The van der Waals surface area contributed by atoms with Gasteiger partial charge in [-0.1, -0.05) is 6.07 Å². The molecule has 0 amide bonds. The molecule has 7 heteroatoms. The fourth-order valence-electron chi connectivity index (χ4n) is 1.28. The van der Waals surface area contributed by atoms with Gasteiger partial charge in [-0.05, 0) is 17.7 Å². The summed E-state index contributed by atoms with van der Waals surface area (Å²) in [4.78, 5) is 21.3. The van der Waals surface area contributed by atoms with Gasteiger partial charge < -0.3 is 10.2 Å². The van der Waals surface area contributed by atoms with E-state index in [-0.39, 0.29) is 5.56 Å². The van der Waals surface area contributed by atoms with E-state index in [2.05, 4.69) is 0 Å². The van der Waals surface area contributed by atoms with Crippen LogP contribution >= 0.6 is 0 Å². The Bertz CT molecular complexity index is 465. The zero-order chi connectivity index (χ0) is 13.2. The van der Waals surface area contributed by atoms with Crippen LogP contribution in [0.3, 0.4) is 0 Å². The van der Waals surface area contributed by atoms with Crippen LogP contribution in [0, 0.1) is 0 Å². The van der Waals surface area contributed by atoms with E-state index >= 15 is 0 Å². The first kappa shape index (κ1) is 13.0. The summed E-state index contributed by atoms with van der Waals surface area (Å²) < 4.78 is 36.4. The molecule has 2 N–H and O–H groups in total. The highest BCUT2D eigenvalue weighted by atomic mass is 19.4. The summed E-state index contributed by atoms with van der Waals surface area (Å²) in [6.07, 6.45) is -5.95. The van der Waals surface area contributed by atoms with E-state index in [1.54, 1.807) is 0 Å². The lowest BCUT2D eigenvalue weighted by atomic mass is 10.0. The van der Waals surface area contributed by atoms with Gasteiger partial charge in [0.2, 0.25) is 0 Å². The molecule has 1 rings (SSSR count). The average molecular weight is 248 g/mol. The zero-order valence-electron chi connectivity index (χ0n) is 8.28. The molecule has 0 aliphatic rings. The van der Waals surface area contributed by atoms with Crippen molar-refractivity contribution in [2.45, 2.75) is 12.6 Å². The molecule has 0 fully saturated rings. The first-order valence-corrected chi connectivity index (χ1v) is 4.37. The van der Waals surface area contributed by atoms with Gasteiger partial charge >= 0.3 is 18.1 Å². The third-order valence-corrected chi connectivity index (χ3v) is 1.98. The topological polar surface area (TPSA) is 74.6 Å². The van der Waals surface area contributed by atoms with Crippen LogP contribution in [0.25, 0.3) is 0 Å². The van der Waals surface area contributed by atoms with Crippen LogP contribution in [-0.4, -0.2) is 28.3 Å². The molecule has 4 nitrogen and oxygen atoms in total. The molecule has 0 aliphatic heterocycles. The van der Waals surface area contributed by atoms with Crippen molar-refractivity contribution in [3.63, 3.8) is 0 Å². The number of carboxylic acids is 2. The van der Waals surface area contributed by atoms with E-state index in [9.17, 15) is 22.8 Å². The van der Waals surface area contributed by atoms with Gasteiger partial charge in [-0.3, -0.25) is 0 Å². The highest BCUT2D eigenvalue weighted by Gasteiger charge is 2.30. The fourth-order valence-corrected chi connectivity index (χ4v) is 1.28. The number of benzene rings is 1. The lowest BCUT2D eigenvalue weighted by Crippen LogP contribution is -2.15. The maximum absolute atomic E-state index is 12.1. The second kappa shape index (κ2) is 4.44. The molecule has 0 bridgehead atoms. The molecule has 17 heavy (non-hydrogen) atoms. The Hall–Kier alpha value is -2.05. The van der Waals surface area contributed by atoms with E-state index in [0.717, 1.165) is 12.1 Å². The minimum absolute atomic E-state index is 0.367. The van der Waals surface area contributed by atoms with Crippen molar-refractivity contribution in [3.8, 4) is 0 Å². The summed E-state index contributed by atoms with van der Waals surface area (Å²) in [5, 5.41) is 17.3. The summed E-state index contributed by atoms with van der Waals surface area (Å²) >= 11 is 0. The molecular formula is C10H7F3O4. The van der Waals surface area contributed by atoms with Crippen molar-refractivity contribution in [1.82, 2.24) is 0 Å². The van der Waals surface area contributed by atoms with Crippen molar-refractivity contribution in [2.24, 2.45) is 0 Å². The van der Waals surface area contributed by atoms with Gasteiger partial charge in [-0.2, -0.15) is 13.2 Å². The fraction of sp³-hybridized carbons (Fsp3) is 0.200. The first-order valence-electron chi connectivity index (χ1n) is 4.37. The number of hydrogen-bond donors (Lipinski definition) is 2. The molecule has 0 radical (unpaired) electrons. The molecular weight excluding hydrogens is 241 g/mol. The van der Waals surface area contributed by atoms with E-state index in [1.807, 2.05) is 0 Å². The van der Waals surface area contributed by atoms with Crippen LogP contribution in [0.4, 0.5) is 13.2 Å². The number of carbonyl (C=O) groups is 2. The van der Waals surface area contributed by atoms with Crippen molar-refractivity contribution >= 4 is 11.9 Å². The predicted molar refractivity (Wildman–Crippen MR) is 50.1 cm³/mol. The maximum atomic E-state index is 12.1. The highest BCUT2D eigenvalue weighted by Crippen LogP contribution is 2.24. The second-order valence-electron chi connectivity index (χ2n) is 3.27. The average Bonchev–Trinajstić information content (AvgIpc) is 2.14. The molecule has 0 atom stereocenters. The lowest BCUT2D eigenvalue weighted by molar-refractivity contribution is -0.127. The maximum Gasteiger partial charge on any atom is 0.393 e. The van der Waals surface area contributed by atoms with Gasteiger partial charge in [0.1, 0.15) is 0 Å². The predicted octanol–water partition coefficient (Wildman–Crippen LogP) is 2.19. The number of halogens is 3. The van der Waals surface area contributed by atoms with Crippen LogP contribution in [0.1, 0.15) is 26.3 Å². The number of rotatable bonds is 3. The third-order valence-electron chi connectivity index (χ3n) is 1.98. The van der Waals surface area contributed by atoms with E-state index in [0.29, 0.717) is 6.07 Å². The van der Waals surface area contributed by atoms with Gasteiger partial charge in [0.25, 0.3) is 0 Å². The Morgan fingerprint density at radius 2 is 1.71 bits per heavy atom. The molecule has 1 aromatic carbocycles. The van der Waals surface area contributed by atoms with Gasteiger partial charge in [-0.15, -0.1) is 0 Å².